The molecule has 0 amide bonds. The van der Waals surface area contributed by atoms with Gasteiger partial charge in [-0.05, 0) is 0 Å². The van der Waals surface area contributed by atoms with E-state index in [4.69, 9.17) is 0 Å². The van der Waals surface area contributed by atoms with Crippen molar-refractivity contribution in [1.29, 1.82) is 0 Å². The van der Waals surface area contributed by atoms with E-state index in [1.165, 1.54) is 77.0 Å². The average Bonchev–Trinajstić information content (AvgIpc) is 2.38. The number of hydrogen-bond donors (Lipinski definition) is 0. The minimum atomic E-state index is -1.86. The fourth-order valence-electron chi connectivity index (χ4n) is 2.19. The minimum absolute atomic E-state index is 1.09. The third kappa shape index (κ3) is 14.6. The molecule has 0 saturated heterocycles. The molecule has 0 saturated carbocycles. The zero-order valence-electron chi connectivity index (χ0n) is 12.7. The van der Waals surface area contributed by atoms with E-state index in [0.29, 0.717) is 0 Å². The summed E-state index contributed by atoms with van der Waals surface area (Å²) < 4.78 is 14.0. The van der Waals surface area contributed by atoms with Crippen LogP contribution in [0.25, 0.3) is 0 Å². The molecule has 1 nitrogen and oxygen atoms in total. The Kier molecular flexibility index (Phi) is 16.2. The van der Waals surface area contributed by atoms with Gasteiger partial charge in [0.15, 0.2) is 0 Å². The van der Waals surface area contributed by atoms with Crippen molar-refractivity contribution in [2.24, 2.45) is 0 Å². The van der Waals surface area contributed by atoms with Crippen LogP contribution >= 0.6 is 0 Å². The molecule has 0 heterocycles. The Morgan fingerprint density at radius 2 is 0.889 bits per heavy atom. The molecular formula is C16H34OTe. The van der Waals surface area contributed by atoms with Crippen LogP contribution in [-0.4, -0.2) is 19.5 Å². The summed E-state index contributed by atoms with van der Waals surface area (Å²) >= 11 is -1.86. The van der Waals surface area contributed by atoms with Gasteiger partial charge in [0.2, 0.25) is 0 Å². The van der Waals surface area contributed by atoms with Crippen LogP contribution in [0.2, 0.25) is 8.94 Å². The summed E-state index contributed by atoms with van der Waals surface area (Å²) in [5, 5.41) is 0. The molecule has 18 heavy (non-hydrogen) atoms. The van der Waals surface area contributed by atoms with Crippen LogP contribution in [0.3, 0.4) is 0 Å². The molecule has 0 spiro atoms. The van der Waals surface area contributed by atoms with Crippen LogP contribution < -0.4 is 0 Å². The first-order valence-electron chi connectivity index (χ1n) is 8.16. The maximum absolute atomic E-state index is 11.9. The molecule has 0 radical (unpaired) electrons. The van der Waals surface area contributed by atoms with E-state index in [0.717, 1.165) is 8.94 Å². The Bertz CT molecular complexity index is 162. The van der Waals surface area contributed by atoms with Gasteiger partial charge in [0, 0.05) is 0 Å². The van der Waals surface area contributed by atoms with Gasteiger partial charge < -0.3 is 0 Å². The van der Waals surface area contributed by atoms with Crippen LogP contribution in [0, 0.1) is 0 Å². The van der Waals surface area contributed by atoms with E-state index in [1.54, 1.807) is 0 Å². The van der Waals surface area contributed by atoms with Gasteiger partial charge in [0.1, 0.15) is 0 Å². The average molecular weight is 370 g/mol. The SMILES string of the molecule is CCCCCCCC[Te](=O)CCCCCCCC. The second-order valence-electron chi connectivity index (χ2n) is 5.38. The zero-order chi connectivity index (χ0) is 13.5. The van der Waals surface area contributed by atoms with E-state index in [2.05, 4.69) is 13.8 Å². The monoisotopic (exact) mass is 372 g/mol. The summed E-state index contributed by atoms with van der Waals surface area (Å²) in [4.78, 5) is 0. The molecule has 0 fully saturated rings. The Labute approximate surface area is 122 Å². The molecule has 0 unspecified atom stereocenters. The van der Waals surface area contributed by atoms with Crippen molar-refractivity contribution in [3.63, 3.8) is 0 Å². The molecule has 0 aromatic rings. The third-order valence-corrected chi connectivity index (χ3v) is 7.70. The van der Waals surface area contributed by atoms with Gasteiger partial charge >= 0.3 is 122 Å². The summed E-state index contributed by atoms with van der Waals surface area (Å²) in [6, 6.07) is 0. The Morgan fingerprint density at radius 3 is 1.28 bits per heavy atom. The molecule has 0 N–H and O–H groups in total. The van der Waals surface area contributed by atoms with Crippen LogP contribution in [0.5, 0.6) is 0 Å². The molecule has 2 heteroatoms. The van der Waals surface area contributed by atoms with Gasteiger partial charge in [0.05, 0.1) is 0 Å². The first-order chi connectivity index (χ1) is 8.81. The van der Waals surface area contributed by atoms with Crippen LogP contribution in [-0.2, 0) is 3.10 Å². The van der Waals surface area contributed by atoms with Crippen LogP contribution in [0.1, 0.15) is 90.9 Å². The predicted octanol–water partition coefficient (Wildman–Crippen LogP) is 6.13. The molecular weight excluding hydrogens is 336 g/mol. The quantitative estimate of drug-likeness (QED) is 0.266. The van der Waals surface area contributed by atoms with Gasteiger partial charge in [-0.15, -0.1) is 0 Å². The first-order valence-corrected chi connectivity index (χ1v) is 12.4. The summed E-state index contributed by atoms with van der Waals surface area (Å²) in [7, 11) is 0. The Hall–Kier alpha value is 0.590. The van der Waals surface area contributed by atoms with E-state index < -0.39 is 19.5 Å². The van der Waals surface area contributed by atoms with Gasteiger partial charge in [-0.2, -0.15) is 0 Å². The second kappa shape index (κ2) is 15.6. The number of unbranched alkanes of at least 4 members (excludes halogenated alkanes) is 10. The van der Waals surface area contributed by atoms with Crippen molar-refractivity contribution in [2.75, 3.05) is 0 Å². The van der Waals surface area contributed by atoms with Gasteiger partial charge in [-0.3, -0.25) is 0 Å². The predicted molar refractivity (Wildman–Crippen MR) is 82.8 cm³/mol. The fourth-order valence-corrected chi connectivity index (χ4v) is 5.77. The summed E-state index contributed by atoms with van der Waals surface area (Å²) in [5.41, 5.74) is 0. The van der Waals surface area contributed by atoms with Crippen LogP contribution in [0.4, 0.5) is 0 Å². The van der Waals surface area contributed by atoms with Crippen molar-refractivity contribution >= 4 is 19.5 Å². The number of hydrogen-bond acceptors (Lipinski definition) is 1. The molecule has 0 aliphatic rings. The summed E-state index contributed by atoms with van der Waals surface area (Å²) in [6.07, 6.45) is 16.0. The van der Waals surface area contributed by atoms with Crippen molar-refractivity contribution in [1.82, 2.24) is 0 Å². The topological polar surface area (TPSA) is 17.1 Å². The first kappa shape index (κ1) is 18.6. The molecule has 0 aromatic carbocycles. The van der Waals surface area contributed by atoms with Gasteiger partial charge in [-0.25, -0.2) is 0 Å². The molecule has 110 valence electrons. The summed E-state index contributed by atoms with van der Waals surface area (Å²) in [5.74, 6) is 0. The molecule has 0 rings (SSSR count). The van der Waals surface area contributed by atoms with Crippen molar-refractivity contribution < 1.29 is 3.10 Å². The fraction of sp³-hybridized carbons (Fsp3) is 1.00. The van der Waals surface area contributed by atoms with E-state index in [9.17, 15) is 3.10 Å². The van der Waals surface area contributed by atoms with Crippen molar-refractivity contribution in [3.05, 3.63) is 0 Å². The number of rotatable bonds is 14. The molecule has 0 aromatic heterocycles. The zero-order valence-corrected chi connectivity index (χ0v) is 15.0. The van der Waals surface area contributed by atoms with Crippen molar-refractivity contribution in [3.8, 4) is 0 Å². The normalized spacial score (nSPS) is 11.3. The van der Waals surface area contributed by atoms with E-state index in [-0.39, 0.29) is 0 Å². The van der Waals surface area contributed by atoms with Gasteiger partial charge in [-0.1, -0.05) is 0 Å². The summed E-state index contributed by atoms with van der Waals surface area (Å²) in [6.45, 7) is 4.51. The van der Waals surface area contributed by atoms with Crippen LogP contribution in [0.15, 0.2) is 0 Å². The Morgan fingerprint density at radius 1 is 0.556 bits per heavy atom. The molecule has 0 atom stereocenters. The maximum atomic E-state index is 11.9. The molecule has 0 aliphatic carbocycles. The van der Waals surface area contributed by atoms with E-state index in [1.807, 2.05) is 0 Å². The molecule has 0 bridgehead atoms. The second-order valence-corrected chi connectivity index (χ2v) is 10.2. The van der Waals surface area contributed by atoms with Crippen molar-refractivity contribution in [2.45, 2.75) is 99.8 Å². The molecule has 0 aliphatic heterocycles. The van der Waals surface area contributed by atoms with Gasteiger partial charge in [0.25, 0.3) is 0 Å². The van der Waals surface area contributed by atoms with E-state index >= 15 is 0 Å². The Balaban J connectivity index is 3.12. The standard InChI is InChI=1S/C16H34OTe/c1-3-5-7-9-11-13-15-18(17)16-14-12-10-8-6-4-2/h3-16H2,1-2H3. The third-order valence-electron chi connectivity index (χ3n) is 3.45.